The Morgan fingerprint density at radius 1 is 1.29 bits per heavy atom. The molecule has 1 aliphatic rings. The van der Waals surface area contributed by atoms with Crippen molar-refractivity contribution >= 4 is 39.9 Å². The van der Waals surface area contributed by atoms with Gasteiger partial charge in [0.25, 0.3) is 5.91 Å². The summed E-state index contributed by atoms with van der Waals surface area (Å²) in [5, 5.41) is 0.264. The van der Waals surface area contributed by atoms with Crippen molar-refractivity contribution in [2.45, 2.75) is 19.1 Å². The number of anilines is 1. The van der Waals surface area contributed by atoms with Crippen molar-refractivity contribution in [2.75, 3.05) is 19.4 Å². The molecule has 0 fully saturated rings. The van der Waals surface area contributed by atoms with Crippen molar-refractivity contribution in [1.29, 1.82) is 0 Å². The fourth-order valence-corrected chi connectivity index (χ4v) is 4.37. The van der Waals surface area contributed by atoms with Crippen LogP contribution in [0.2, 0.25) is 5.02 Å². The molecule has 158 valence electrons. The molecule has 0 aliphatic carbocycles. The van der Waals surface area contributed by atoms with E-state index in [4.69, 9.17) is 22.1 Å². The first-order valence-electron chi connectivity index (χ1n) is 9.74. The van der Waals surface area contributed by atoms with Crippen LogP contribution in [0.5, 0.6) is 0 Å². The van der Waals surface area contributed by atoms with Crippen LogP contribution in [-0.2, 0) is 4.74 Å². The third-order valence-electron chi connectivity index (χ3n) is 5.83. The summed E-state index contributed by atoms with van der Waals surface area (Å²) in [6, 6.07) is 7.51. The average molecular weight is 440 g/mol. The Balaban J connectivity index is 1.58. The highest BCUT2D eigenvalue weighted by Gasteiger charge is 2.32. The Morgan fingerprint density at radius 2 is 2.10 bits per heavy atom. The monoisotopic (exact) mass is 439 g/mol. The van der Waals surface area contributed by atoms with Crippen molar-refractivity contribution in [2.24, 2.45) is 0 Å². The number of amides is 1. The molecule has 2 N–H and O–H groups in total. The molecule has 0 bridgehead atoms. The zero-order valence-electron chi connectivity index (χ0n) is 16.8. The number of fused-ring (bicyclic) bond motifs is 4. The first-order chi connectivity index (χ1) is 14.8. The maximum Gasteiger partial charge on any atom is 0.255 e. The van der Waals surface area contributed by atoms with Crippen molar-refractivity contribution in [3.8, 4) is 0 Å². The third kappa shape index (κ3) is 3.10. The molecule has 0 spiro atoms. The summed E-state index contributed by atoms with van der Waals surface area (Å²) in [5.41, 5.74) is 9.78. The Kier molecular flexibility index (Phi) is 4.56. The van der Waals surface area contributed by atoms with Crippen LogP contribution in [0.3, 0.4) is 0 Å². The molecule has 3 heterocycles. The maximum atomic E-state index is 13.8. The van der Waals surface area contributed by atoms with E-state index in [1.807, 2.05) is 6.92 Å². The van der Waals surface area contributed by atoms with Crippen LogP contribution in [-0.4, -0.2) is 38.8 Å². The lowest BCUT2D eigenvalue weighted by molar-refractivity contribution is 0.00475. The number of benzene rings is 2. The van der Waals surface area contributed by atoms with Gasteiger partial charge in [-0.25, -0.2) is 14.4 Å². The number of aromatic nitrogens is 3. The van der Waals surface area contributed by atoms with Gasteiger partial charge < -0.3 is 15.4 Å². The molecule has 7 nitrogen and oxygen atoms in total. The molecule has 1 aliphatic heterocycles. The minimum Gasteiger partial charge on any atom is -0.382 e. The molecule has 2 atom stereocenters. The smallest absolute Gasteiger partial charge is 0.255 e. The Labute approximate surface area is 182 Å². The van der Waals surface area contributed by atoms with Gasteiger partial charge in [-0.15, -0.1) is 0 Å². The van der Waals surface area contributed by atoms with Gasteiger partial charge in [0.2, 0.25) is 0 Å². The first-order valence-corrected chi connectivity index (χ1v) is 10.1. The molecule has 2 aromatic carbocycles. The molecule has 0 saturated carbocycles. The summed E-state index contributed by atoms with van der Waals surface area (Å²) in [4.78, 5) is 23.5. The zero-order valence-corrected chi connectivity index (χ0v) is 17.6. The number of nitrogens with two attached hydrogens (primary N) is 1. The first kappa shape index (κ1) is 19.7. The van der Waals surface area contributed by atoms with E-state index in [0.717, 1.165) is 11.1 Å². The number of hydrogen-bond donors (Lipinski definition) is 1. The zero-order chi connectivity index (χ0) is 21.9. The highest BCUT2D eigenvalue weighted by atomic mass is 35.5. The van der Waals surface area contributed by atoms with Crippen LogP contribution in [0, 0.1) is 5.82 Å². The lowest BCUT2D eigenvalue weighted by Crippen LogP contribution is -2.37. The van der Waals surface area contributed by atoms with Gasteiger partial charge in [0.15, 0.2) is 0 Å². The third-order valence-corrected chi connectivity index (χ3v) is 6.15. The molecular formula is C22H19ClFN5O2. The van der Waals surface area contributed by atoms with E-state index in [-0.39, 0.29) is 28.9 Å². The quantitative estimate of drug-likeness (QED) is 0.506. The number of imidazole rings is 1. The summed E-state index contributed by atoms with van der Waals surface area (Å²) < 4.78 is 21.4. The van der Waals surface area contributed by atoms with E-state index in [0.29, 0.717) is 34.5 Å². The predicted octanol–water partition coefficient (Wildman–Crippen LogP) is 4.16. The molecule has 31 heavy (non-hydrogen) atoms. The standard InChI is InChI=1S/C22H19ClFN5O2/c1-11-14-5-12(24)3-4-13(14)20(9-31-11)28(2)22(30)15-6-18-17(7-16(15)23)27-21(25)19-8-26-10-29(18)19/h3-8,10-11,20H,9H2,1-2H3,(H2,25,27)/t11?,20-/m1/s1. The Hall–Kier alpha value is -3.23. The van der Waals surface area contributed by atoms with Gasteiger partial charge in [0.1, 0.15) is 17.2 Å². The van der Waals surface area contributed by atoms with Crippen LogP contribution < -0.4 is 5.73 Å². The van der Waals surface area contributed by atoms with Crippen molar-refractivity contribution in [1.82, 2.24) is 19.3 Å². The summed E-state index contributed by atoms with van der Waals surface area (Å²) >= 11 is 6.47. The molecule has 0 radical (unpaired) electrons. The van der Waals surface area contributed by atoms with Gasteiger partial charge in [-0.05, 0) is 42.3 Å². The minimum absolute atomic E-state index is 0.249. The summed E-state index contributed by atoms with van der Waals surface area (Å²) in [6.45, 7) is 2.17. The topological polar surface area (TPSA) is 85.8 Å². The predicted molar refractivity (Wildman–Crippen MR) is 116 cm³/mol. The van der Waals surface area contributed by atoms with Gasteiger partial charge >= 0.3 is 0 Å². The van der Waals surface area contributed by atoms with Crippen LogP contribution in [0.15, 0.2) is 42.9 Å². The second kappa shape index (κ2) is 7.18. The SMILES string of the molecule is CC1OC[C@@H](N(C)C(=O)c2cc3c(cc2Cl)nc(N)c2cncn23)c2ccc(F)cc21. The van der Waals surface area contributed by atoms with E-state index < -0.39 is 0 Å². The minimum atomic E-state index is -0.371. The molecule has 0 saturated heterocycles. The number of nitrogens with zero attached hydrogens (tertiary/aromatic N) is 4. The van der Waals surface area contributed by atoms with E-state index in [1.165, 1.54) is 12.1 Å². The normalized spacial score (nSPS) is 18.3. The van der Waals surface area contributed by atoms with Gasteiger partial charge in [0.05, 0.1) is 52.9 Å². The van der Waals surface area contributed by atoms with Gasteiger partial charge in [-0.3, -0.25) is 9.20 Å². The number of carbonyl (C=O) groups excluding carboxylic acids is 1. The van der Waals surface area contributed by atoms with Crippen molar-refractivity contribution in [3.05, 3.63) is 70.4 Å². The van der Waals surface area contributed by atoms with Crippen LogP contribution in [0.4, 0.5) is 10.2 Å². The maximum absolute atomic E-state index is 13.8. The molecule has 1 unspecified atom stereocenters. The highest BCUT2D eigenvalue weighted by Crippen LogP contribution is 2.37. The summed E-state index contributed by atoms with van der Waals surface area (Å²) in [7, 11) is 1.69. The fraction of sp³-hybridized carbons (Fsp3) is 0.227. The molecule has 2 aromatic heterocycles. The van der Waals surface area contributed by atoms with E-state index in [9.17, 15) is 9.18 Å². The van der Waals surface area contributed by atoms with Crippen LogP contribution in [0.25, 0.3) is 16.6 Å². The highest BCUT2D eigenvalue weighted by molar-refractivity contribution is 6.34. The second-order valence-corrected chi connectivity index (χ2v) is 8.05. The molecule has 1 amide bonds. The lowest BCUT2D eigenvalue weighted by Gasteiger charge is -2.36. The molecule has 4 aromatic rings. The van der Waals surface area contributed by atoms with E-state index >= 15 is 0 Å². The Morgan fingerprint density at radius 3 is 2.90 bits per heavy atom. The number of rotatable bonds is 2. The molecule has 9 heteroatoms. The Bertz CT molecular complexity index is 1350. The van der Waals surface area contributed by atoms with Crippen LogP contribution in [0.1, 0.15) is 40.6 Å². The number of carbonyl (C=O) groups is 1. The molecule has 5 rings (SSSR count). The number of halogens is 2. The lowest BCUT2D eigenvalue weighted by atomic mass is 9.93. The number of ether oxygens (including phenoxy) is 1. The largest absolute Gasteiger partial charge is 0.382 e. The van der Waals surface area contributed by atoms with Crippen molar-refractivity contribution < 1.29 is 13.9 Å². The summed E-state index contributed by atoms with van der Waals surface area (Å²) in [5.74, 6) is -0.289. The number of hydrogen-bond acceptors (Lipinski definition) is 5. The van der Waals surface area contributed by atoms with Gasteiger partial charge in [-0.2, -0.15) is 0 Å². The molecular weight excluding hydrogens is 421 g/mol. The van der Waals surface area contributed by atoms with E-state index in [1.54, 1.807) is 47.1 Å². The number of nitrogen functional groups attached to an aromatic ring is 1. The van der Waals surface area contributed by atoms with Gasteiger partial charge in [0, 0.05) is 7.05 Å². The van der Waals surface area contributed by atoms with Crippen LogP contribution >= 0.6 is 11.6 Å². The average Bonchev–Trinajstić information content (AvgIpc) is 3.24. The fourth-order valence-electron chi connectivity index (χ4n) is 4.13. The van der Waals surface area contributed by atoms with E-state index in [2.05, 4.69) is 9.97 Å². The summed E-state index contributed by atoms with van der Waals surface area (Å²) in [6.07, 6.45) is 2.98. The number of likely N-dealkylation sites (N-methyl/N-ethyl adjacent to an activating group) is 1. The van der Waals surface area contributed by atoms with Crippen molar-refractivity contribution in [3.63, 3.8) is 0 Å². The van der Waals surface area contributed by atoms with Gasteiger partial charge in [-0.1, -0.05) is 17.7 Å². The second-order valence-electron chi connectivity index (χ2n) is 7.65.